The third-order valence-corrected chi connectivity index (χ3v) is 14.4. The number of hydrogen-bond donors (Lipinski definition) is 0. The van der Waals surface area contributed by atoms with Crippen molar-refractivity contribution in [2.75, 3.05) is 0 Å². The normalized spacial score (nSPS) is 13.5. The molecule has 2 aliphatic rings. The number of furan rings is 2. The van der Waals surface area contributed by atoms with Gasteiger partial charge in [0.2, 0.25) is 0 Å². The Kier molecular flexibility index (Phi) is 6.38. The highest BCUT2D eigenvalue weighted by Crippen LogP contribution is 2.64. The standard InChI is InChI=1S/C61H34O2/c1-3-11-37-33-58-51(28-35(37)9-1)49-30-40(20-25-56(49)62-58)39-17-22-44-43(27-39)19-24-48-47-23-18-42(41-21-26-57-50(31-41)52-29-36-10-2-4-12-38(36)34-59(52)63-57)32-55(47)61(60(44)48)53-15-7-5-13-45(53)46-14-6-8-16-54(46)61/h1-34H. The number of fused-ring (bicyclic) bond motifs is 20. The van der Waals surface area contributed by atoms with E-state index in [4.69, 9.17) is 8.83 Å². The van der Waals surface area contributed by atoms with Crippen LogP contribution in [0.5, 0.6) is 0 Å². The summed E-state index contributed by atoms with van der Waals surface area (Å²) in [4.78, 5) is 0. The molecule has 0 atom stereocenters. The van der Waals surface area contributed by atoms with Crippen LogP contribution in [-0.2, 0) is 5.41 Å². The van der Waals surface area contributed by atoms with Crippen LogP contribution in [0.3, 0.4) is 0 Å². The van der Waals surface area contributed by atoms with Crippen LogP contribution >= 0.6 is 0 Å². The van der Waals surface area contributed by atoms with Crippen LogP contribution in [-0.4, -0.2) is 0 Å². The SMILES string of the molecule is c1ccc2c(c1)-c1ccccc1C21c2cc(-c3ccc4oc5cc6ccccc6cc5c4c3)ccc2-c2ccc3cc(-c4ccc5oc6cc7ccccc7cc6c5c4)ccc3c21. The molecule has 2 heteroatoms. The van der Waals surface area contributed by atoms with Gasteiger partial charge in [0, 0.05) is 21.5 Å². The molecule has 63 heavy (non-hydrogen) atoms. The van der Waals surface area contributed by atoms with Gasteiger partial charge in [0.25, 0.3) is 0 Å². The largest absolute Gasteiger partial charge is 0.456 e. The van der Waals surface area contributed by atoms with Gasteiger partial charge in [0.15, 0.2) is 0 Å². The van der Waals surface area contributed by atoms with Crippen LogP contribution in [0.2, 0.25) is 0 Å². The van der Waals surface area contributed by atoms with Crippen LogP contribution in [0.25, 0.3) is 121 Å². The summed E-state index contributed by atoms with van der Waals surface area (Å²) in [6.45, 7) is 0. The zero-order valence-electron chi connectivity index (χ0n) is 33.9. The fourth-order valence-corrected chi connectivity index (χ4v) is 11.6. The van der Waals surface area contributed by atoms with Gasteiger partial charge in [-0.05, 0) is 160 Å². The molecule has 0 unspecified atom stereocenters. The van der Waals surface area contributed by atoms with E-state index in [2.05, 4.69) is 206 Å². The number of hydrogen-bond acceptors (Lipinski definition) is 2. The second-order valence-electron chi connectivity index (χ2n) is 17.5. The lowest BCUT2D eigenvalue weighted by atomic mass is 9.69. The summed E-state index contributed by atoms with van der Waals surface area (Å²) in [5, 5.41) is 11.9. The topological polar surface area (TPSA) is 26.3 Å². The minimum absolute atomic E-state index is 0.502. The maximum absolute atomic E-state index is 6.44. The van der Waals surface area contributed by atoms with Crippen molar-refractivity contribution in [3.8, 4) is 44.5 Å². The minimum atomic E-state index is -0.502. The van der Waals surface area contributed by atoms with Crippen molar-refractivity contribution < 1.29 is 8.83 Å². The molecule has 2 aromatic heterocycles. The molecule has 2 aliphatic carbocycles. The fraction of sp³-hybridized carbons (Fsp3) is 0.0164. The van der Waals surface area contributed by atoms with Gasteiger partial charge >= 0.3 is 0 Å². The molecule has 0 saturated heterocycles. The first-order valence-corrected chi connectivity index (χ1v) is 21.8. The van der Waals surface area contributed by atoms with E-state index in [9.17, 15) is 0 Å². The van der Waals surface area contributed by atoms with E-state index in [1.807, 2.05) is 0 Å². The first-order chi connectivity index (χ1) is 31.2. The Hall–Kier alpha value is -8.20. The van der Waals surface area contributed by atoms with Crippen molar-refractivity contribution in [2.45, 2.75) is 5.41 Å². The Morgan fingerprint density at radius 3 is 1.30 bits per heavy atom. The minimum Gasteiger partial charge on any atom is -0.456 e. The summed E-state index contributed by atoms with van der Waals surface area (Å²) in [5.41, 5.74) is 18.5. The van der Waals surface area contributed by atoms with E-state index in [0.29, 0.717) is 0 Å². The van der Waals surface area contributed by atoms with Crippen LogP contribution in [0.4, 0.5) is 0 Å². The van der Waals surface area contributed by atoms with Gasteiger partial charge in [0.1, 0.15) is 22.3 Å². The lowest BCUT2D eigenvalue weighted by Gasteiger charge is -2.31. The average molecular weight is 799 g/mol. The molecule has 2 nitrogen and oxygen atoms in total. The van der Waals surface area contributed by atoms with Gasteiger partial charge in [-0.25, -0.2) is 0 Å². The van der Waals surface area contributed by atoms with Crippen LogP contribution < -0.4 is 0 Å². The van der Waals surface area contributed by atoms with E-state index in [1.165, 1.54) is 99.1 Å². The van der Waals surface area contributed by atoms with Crippen molar-refractivity contribution in [3.63, 3.8) is 0 Å². The van der Waals surface area contributed by atoms with Crippen LogP contribution in [0.1, 0.15) is 22.3 Å². The predicted octanol–water partition coefficient (Wildman–Crippen LogP) is 16.6. The molecule has 0 saturated carbocycles. The van der Waals surface area contributed by atoms with Crippen LogP contribution in [0.15, 0.2) is 215 Å². The Bertz CT molecular complexity index is 4110. The molecule has 2 heterocycles. The number of benzene rings is 11. The van der Waals surface area contributed by atoms with Crippen molar-refractivity contribution in [3.05, 3.63) is 229 Å². The summed E-state index contributed by atoms with van der Waals surface area (Å²) in [6, 6.07) is 76.4. The molecule has 0 fully saturated rings. The molecule has 15 rings (SSSR count). The molecule has 0 radical (unpaired) electrons. The highest BCUT2D eigenvalue weighted by Gasteiger charge is 2.52. The molecule has 0 N–H and O–H groups in total. The van der Waals surface area contributed by atoms with Crippen molar-refractivity contribution in [1.82, 2.24) is 0 Å². The summed E-state index contributed by atoms with van der Waals surface area (Å²) < 4.78 is 12.8. The van der Waals surface area contributed by atoms with Crippen molar-refractivity contribution in [2.24, 2.45) is 0 Å². The Labute approximate surface area is 361 Å². The fourth-order valence-electron chi connectivity index (χ4n) is 11.6. The predicted molar refractivity (Wildman–Crippen MR) is 261 cm³/mol. The van der Waals surface area contributed by atoms with E-state index in [0.717, 1.165) is 43.9 Å². The first kappa shape index (κ1) is 33.5. The second kappa shape index (κ2) is 12.0. The summed E-state index contributed by atoms with van der Waals surface area (Å²) in [5.74, 6) is 0. The van der Waals surface area contributed by atoms with E-state index in [1.54, 1.807) is 0 Å². The molecule has 0 aliphatic heterocycles. The van der Waals surface area contributed by atoms with E-state index < -0.39 is 5.41 Å². The van der Waals surface area contributed by atoms with Gasteiger partial charge in [-0.1, -0.05) is 146 Å². The Morgan fingerprint density at radius 2 is 0.698 bits per heavy atom. The monoisotopic (exact) mass is 798 g/mol. The highest BCUT2D eigenvalue weighted by atomic mass is 16.3. The Morgan fingerprint density at radius 1 is 0.254 bits per heavy atom. The van der Waals surface area contributed by atoms with Gasteiger partial charge in [-0.2, -0.15) is 0 Å². The lowest BCUT2D eigenvalue weighted by Crippen LogP contribution is -2.26. The zero-order valence-corrected chi connectivity index (χ0v) is 33.9. The average Bonchev–Trinajstić information content (AvgIpc) is 4.06. The molecule has 0 amide bonds. The van der Waals surface area contributed by atoms with E-state index >= 15 is 0 Å². The Balaban J connectivity index is 0.935. The van der Waals surface area contributed by atoms with Gasteiger partial charge < -0.3 is 8.83 Å². The molecular formula is C61H34O2. The maximum atomic E-state index is 6.44. The second-order valence-corrected chi connectivity index (χ2v) is 17.5. The van der Waals surface area contributed by atoms with Crippen LogP contribution in [0, 0.1) is 0 Å². The third kappa shape index (κ3) is 4.42. The molecular weight excluding hydrogens is 765 g/mol. The summed E-state index contributed by atoms with van der Waals surface area (Å²) in [7, 11) is 0. The van der Waals surface area contributed by atoms with Gasteiger partial charge in [-0.15, -0.1) is 0 Å². The van der Waals surface area contributed by atoms with Gasteiger partial charge in [0.05, 0.1) is 5.41 Å². The quantitative estimate of drug-likeness (QED) is 0.174. The van der Waals surface area contributed by atoms with Gasteiger partial charge in [-0.3, -0.25) is 0 Å². The maximum Gasteiger partial charge on any atom is 0.136 e. The number of rotatable bonds is 2. The smallest absolute Gasteiger partial charge is 0.136 e. The highest BCUT2D eigenvalue weighted by molar-refractivity contribution is 6.13. The lowest BCUT2D eigenvalue weighted by molar-refractivity contribution is 0.669. The third-order valence-electron chi connectivity index (χ3n) is 14.4. The molecule has 1 spiro atoms. The van der Waals surface area contributed by atoms with E-state index in [-0.39, 0.29) is 0 Å². The molecule has 290 valence electrons. The summed E-state index contributed by atoms with van der Waals surface area (Å²) in [6.07, 6.45) is 0. The first-order valence-electron chi connectivity index (χ1n) is 21.8. The van der Waals surface area contributed by atoms with Crippen molar-refractivity contribution in [1.29, 1.82) is 0 Å². The molecule has 13 aromatic rings. The van der Waals surface area contributed by atoms with Crippen molar-refractivity contribution >= 4 is 76.2 Å². The zero-order chi connectivity index (χ0) is 41.0. The molecule has 0 bridgehead atoms. The molecule has 11 aromatic carbocycles. The summed E-state index contributed by atoms with van der Waals surface area (Å²) >= 11 is 0.